The number of hydrogen-bond donors (Lipinski definition) is 1. The highest BCUT2D eigenvalue weighted by Crippen LogP contribution is 2.40. The van der Waals surface area contributed by atoms with Gasteiger partial charge in [-0.05, 0) is 25.2 Å². The van der Waals surface area contributed by atoms with E-state index in [1.54, 1.807) is 12.3 Å². The minimum absolute atomic E-state index is 0.0520. The first-order valence-electron chi connectivity index (χ1n) is 7.42. The summed E-state index contributed by atoms with van der Waals surface area (Å²) in [5.41, 5.74) is 0.346. The van der Waals surface area contributed by atoms with Crippen molar-refractivity contribution < 1.29 is 9.32 Å². The molecule has 1 fully saturated rings. The molecule has 6 nitrogen and oxygen atoms in total. The number of aromatic nitrogens is 3. The predicted octanol–water partition coefficient (Wildman–Crippen LogP) is 2.24. The van der Waals surface area contributed by atoms with Gasteiger partial charge >= 0.3 is 0 Å². The summed E-state index contributed by atoms with van der Waals surface area (Å²) in [5.74, 6) is 1.92. The number of imidazole rings is 1. The Morgan fingerprint density at radius 2 is 2.38 bits per heavy atom. The second-order valence-electron chi connectivity index (χ2n) is 5.61. The van der Waals surface area contributed by atoms with Crippen LogP contribution in [0, 0.1) is 5.92 Å². The van der Waals surface area contributed by atoms with Crippen LogP contribution >= 0.6 is 0 Å². The molecule has 112 valence electrons. The van der Waals surface area contributed by atoms with Crippen molar-refractivity contribution in [2.45, 2.75) is 38.6 Å². The maximum atomic E-state index is 12.3. The maximum absolute atomic E-state index is 12.3. The molecule has 2 heterocycles. The Labute approximate surface area is 123 Å². The maximum Gasteiger partial charge on any atom is 0.274 e. The lowest BCUT2D eigenvalue weighted by atomic mass is 10.1. The Morgan fingerprint density at radius 3 is 3.00 bits per heavy atom. The van der Waals surface area contributed by atoms with E-state index in [1.165, 1.54) is 0 Å². The third kappa shape index (κ3) is 2.99. The van der Waals surface area contributed by atoms with Crippen LogP contribution in [0.2, 0.25) is 0 Å². The number of aryl methyl sites for hydroxylation is 2. The zero-order chi connectivity index (χ0) is 14.8. The van der Waals surface area contributed by atoms with Gasteiger partial charge in [-0.3, -0.25) is 4.79 Å². The Bertz CT molecular complexity index is 627. The second-order valence-corrected chi connectivity index (χ2v) is 5.61. The summed E-state index contributed by atoms with van der Waals surface area (Å²) in [6.07, 6.45) is 7.66. The van der Waals surface area contributed by atoms with Crippen molar-refractivity contribution in [1.29, 1.82) is 0 Å². The molecule has 0 unspecified atom stereocenters. The summed E-state index contributed by atoms with van der Waals surface area (Å²) < 4.78 is 7.12. The van der Waals surface area contributed by atoms with Crippen molar-refractivity contribution in [2.24, 2.45) is 13.0 Å². The minimum atomic E-state index is -0.194. The molecule has 0 spiro atoms. The molecule has 0 bridgehead atoms. The molecule has 1 aliphatic carbocycles. The normalized spacial score (nSPS) is 15.9. The van der Waals surface area contributed by atoms with Crippen LogP contribution in [0.15, 0.2) is 23.0 Å². The minimum Gasteiger partial charge on any atom is -0.361 e. The zero-order valence-corrected chi connectivity index (χ0v) is 12.4. The lowest BCUT2D eigenvalue weighted by molar-refractivity contribution is 0.0919. The quantitative estimate of drug-likeness (QED) is 0.884. The highest BCUT2D eigenvalue weighted by molar-refractivity contribution is 5.92. The molecular weight excluding hydrogens is 268 g/mol. The van der Waals surface area contributed by atoms with Gasteiger partial charge in [0.15, 0.2) is 5.69 Å². The van der Waals surface area contributed by atoms with E-state index in [0.717, 1.165) is 37.3 Å². The van der Waals surface area contributed by atoms with Gasteiger partial charge in [-0.25, -0.2) is 4.98 Å². The SMILES string of the molecule is CCCc1cc(C(=O)N[C@H](c2nccn2C)C2CC2)no1. The summed E-state index contributed by atoms with van der Waals surface area (Å²) in [5, 5.41) is 6.91. The van der Waals surface area contributed by atoms with E-state index < -0.39 is 0 Å². The molecule has 1 N–H and O–H groups in total. The van der Waals surface area contributed by atoms with Gasteiger partial charge < -0.3 is 14.4 Å². The summed E-state index contributed by atoms with van der Waals surface area (Å²) in [6, 6.07) is 1.67. The monoisotopic (exact) mass is 288 g/mol. The second kappa shape index (κ2) is 5.71. The number of carbonyl (C=O) groups is 1. The fraction of sp³-hybridized carbons (Fsp3) is 0.533. The van der Waals surface area contributed by atoms with Crippen LogP contribution in [-0.2, 0) is 13.5 Å². The Morgan fingerprint density at radius 1 is 1.57 bits per heavy atom. The molecule has 0 saturated heterocycles. The van der Waals surface area contributed by atoms with Gasteiger partial charge in [0.2, 0.25) is 0 Å². The van der Waals surface area contributed by atoms with Crippen LogP contribution in [0.5, 0.6) is 0 Å². The van der Waals surface area contributed by atoms with Gasteiger partial charge in [-0.1, -0.05) is 12.1 Å². The molecule has 21 heavy (non-hydrogen) atoms. The molecule has 1 saturated carbocycles. The first-order chi connectivity index (χ1) is 10.2. The number of hydrogen-bond acceptors (Lipinski definition) is 4. The van der Waals surface area contributed by atoms with Crippen molar-refractivity contribution >= 4 is 5.91 Å². The molecule has 2 aromatic rings. The van der Waals surface area contributed by atoms with E-state index >= 15 is 0 Å². The molecule has 3 rings (SSSR count). The molecule has 2 aromatic heterocycles. The van der Waals surface area contributed by atoms with E-state index in [-0.39, 0.29) is 11.9 Å². The molecule has 0 radical (unpaired) electrons. The molecule has 6 heteroatoms. The van der Waals surface area contributed by atoms with Crippen LogP contribution in [0.1, 0.15) is 54.3 Å². The van der Waals surface area contributed by atoms with E-state index in [2.05, 4.69) is 22.4 Å². The molecule has 1 amide bonds. The third-order valence-electron chi connectivity index (χ3n) is 3.80. The van der Waals surface area contributed by atoms with Crippen LogP contribution < -0.4 is 5.32 Å². The topological polar surface area (TPSA) is 73.0 Å². The van der Waals surface area contributed by atoms with E-state index in [1.807, 2.05) is 17.8 Å². The standard InChI is InChI=1S/C15H20N4O2/c1-3-4-11-9-12(18-21-11)15(20)17-13(10-5-6-10)14-16-7-8-19(14)2/h7-10,13H,3-6H2,1-2H3,(H,17,20)/t13-/m0/s1. The number of amides is 1. The molecule has 1 atom stereocenters. The number of nitrogens with zero attached hydrogens (tertiary/aromatic N) is 3. The highest BCUT2D eigenvalue weighted by Gasteiger charge is 2.36. The summed E-state index contributed by atoms with van der Waals surface area (Å²) in [4.78, 5) is 16.7. The lowest BCUT2D eigenvalue weighted by Crippen LogP contribution is -2.31. The Balaban J connectivity index is 1.73. The lowest BCUT2D eigenvalue weighted by Gasteiger charge is -2.17. The fourth-order valence-corrected chi connectivity index (χ4v) is 2.50. The number of rotatable bonds is 6. The first-order valence-corrected chi connectivity index (χ1v) is 7.42. The van der Waals surface area contributed by atoms with Crippen molar-refractivity contribution in [2.75, 3.05) is 0 Å². The Hall–Kier alpha value is -2.11. The van der Waals surface area contributed by atoms with Gasteiger partial charge in [0.05, 0.1) is 6.04 Å². The van der Waals surface area contributed by atoms with Crippen LogP contribution in [0.4, 0.5) is 0 Å². The van der Waals surface area contributed by atoms with Gasteiger partial charge in [-0.2, -0.15) is 0 Å². The molecule has 0 aliphatic heterocycles. The van der Waals surface area contributed by atoms with Crippen molar-refractivity contribution in [3.63, 3.8) is 0 Å². The Kier molecular flexibility index (Phi) is 3.77. The van der Waals surface area contributed by atoms with Gasteiger partial charge in [0, 0.05) is 31.9 Å². The molecule has 0 aromatic carbocycles. The van der Waals surface area contributed by atoms with Gasteiger partial charge in [0.1, 0.15) is 11.6 Å². The molecule has 1 aliphatic rings. The van der Waals surface area contributed by atoms with Crippen LogP contribution in [-0.4, -0.2) is 20.6 Å². The predicted molar refractivity (Wildman–Crippen MR) is 76.6 cm³/mol. The average Bonchev–Trinajstić information content (AvgIpc) is 3.05. The summed E-state index contributed by atoms with van der Waals surface area (Å²) >= 11 is 0. The summed E-state index contributed by atoms with van der Waals surface area (Å²) in [7, 11) is 1.94. The average molecular weight is 288 g/mol. The first kappa shape index (κ1) is 13.9. The van der Waals surface area contributed by atoms with E-state index in [0.29, 0.717) is 11.6 Å². The highest BCUT2D eigenvalue weighted by atomic mass is 16.5. The van der Waals surface area contributed by atoms with E-state index in [4.69, 9.17) is 4.52 Å². The van der Waals surface area contributed by atoms with E-state index in [9.17, 15) is 4.79 Å². The number of carbonyl (C=O) groups excluding carboxylic acids is 1. The van der Waals surface area contributed by atoms with Crippen LogP contribution in [0.3, 0.4) is 0 Å². The van der Waals surface area contributed by atoms with Crippen molar-refractivity contribution in [1.82, 2.24) is 20.0 Å². The van der Waals surface area contributed by atoms with Gasteiger partial charge in [-0.15, -0.1) is 0 Å². The van der Waals surface area contributed by atoms with Crippen molar-refractivity contribution in [3.8, 4) is 0 Å². The van der Waals surface area contributed by atoms with Crippen LogP contribution in [0.25, 0.3) is 0 Å². The largest absolute Gasteiger partial charge is 0.361 e. The molecular formula is C15H20N4O2. The van der Waals surface area contributed by atoms with Crippen molar-refractivity contribution in [3.05, 3.63) is 35.7 Å². The zero-order valence-electron chi connectivity index (χ0n) is 12.4. The number of nitrogens with one attached hydrogen (secondary N) is 1. The smallest absolute Gasteiger partial charge is 0.274 e. The van der Waals surface area contributed by atoms with Gasteiger partial charge in [0.25, 0.3) is 5.91 Å². The fourth-order valence-electron chi connectivity index (χ4n) is 2.50. The third-order valence-corrected chi connectivity index (χ3v) is 3.80. The summed E-state index contributed by atoms with van der Waals surface area (Å²) in [6.45, 7) is 2.06.